The van der Waals surface area contributed by atoms with E-state index >= 15 is 0 Å². The molecule has 2 heterocycles. The zero-order chi connectivity index (χ0) is 21.2. The predicted octanol–water partition coefficient (Wildman–Crippen LogP) is 1.71. The number of halogens is 3. The Labute approximate surface area is 163 Å². The third-order valence-corrected chi connectivity index (χ3v) is 4.80. The molecular formula is C18H20F3N3O5. The van der Waals surface area contributed by atoms with Gasteiger partial charge < -0.3 is 24.8 Å². The molecule has 3 N–H and O–H groups in total. The molecule has 29 heavy (non-hydrogen) atoms. The number of hydrogen-bond acceptors (Lipinski definition) is 7. The van der Waals surface area contributed by atoms with E-state index in [1.165, 1.54) is 6.07 Å². The number of nitrogens with one attached hydrogen (secondary N) is 1. The SMILES string of the molecule is Cc1cc(C(=O)NCC2(COc3ccc(C(F)(F)F)cn3)CC(O)C(O)C2)no1. The molecule has 1 aliphatic rings. The number of rotatable bonds is 6. The van der Waals surface area contributed by atoms with Gasteiger partial charge in [-0.3, -0.25) is 4.79 Å². The largest absolute Gasteiger partial charge is 0.477 e. The Morgan fingerprint density at radius 2 is 2.03 bits per heavy atom. The topological polar surface area (TPSA) is 118 Å². The fourth-order valence-corrected chi connectivity index (χ4v) is 3.25. The van der Waals surface area contributed by atoms with Crippen LogP contribution in [0.5, 0.6) is 5.88 Å². The number of aliphatic hydroxyl groups is 2. The first kappa shape index (κ1) is 21.1. The van der Waals surface area contributed by atoms with E-state index in [9.17, 15) is 28.2 Å². The minimum atomic E-state index is -4.50. The number of alkyl halides is 3. The van der Waals surface area contributed by atoms with Crippen molar-refractivity contribution in [3.63, 3.8) is 0 Å². The highest BCUT2D eigenvalue weighted by molar-refractivity contribution is 5.92. The van der Waals surface area contributed by atoms with Gasteiger partial charge in [0, 0.05) is 30.3 Å². The minimum Gasteiger partial charge on any atom is -0.477 e. The zero-order valence-electron chi connectivity index (χ0n) is 15.4. The van der Waals surface area contributed by atoms with Crippen LogP contribution >= 0.6 is 0 Å². The van der Waals surface area contributed by atoms with Crippen molar-refractivity contribution >= 4 is 5.91 Å². The highest BCUT2D eigenvalue weighted by atomic mass is 19.4. The lowest BCUT2D eigenvalue weighted by molar-refractivity contribution is -0.137. The van der Waals surface area contributed by atoms with E-state index in [1.54, 1.807) is 6.92 Å². The van der Waals surface area contributed by atoms with Gasteiger partial charge in [0.15, 0.2) is 5.69 Å². The molecule has 2 unspecified atom stereocenters. The van der Waals surface area contributed by atoms with Crippen molar-refractivity contribution in [2.24, 2.45) is 5.41 Å². The molecule has 0 bridgehead atoms. The maximum absolute atomic E-state index is 12.6. The molecule has 2 atom stereocenters. The molecule has 0 spiro atoms. The van der Waals surface area contributed by atoms with Crippen LogP contribution in [0.3, 0.4) is 0 Å². The zero-order valence-corrected chi connectivity index (χ0v) is 15.4. The number of aliphatic hydroxyl groups excluding tert-OH is 2. The second kappa shape index (κ2) is 7.99. The minimum absolute atomic E-state index is 0.0355. The molecule has 1 amide bonds. The highest BCUT2D eigenvalue weighted by Crippen LogP contribution is 2.39. The van der Waals surface area contributed by atoms with Crippen LogP contribution in [0.15, 0.2) is 28.9 Å². The molecule has 2 aromatic heterocycles. The van der Waals surface area contributed by atoms with Crippen LogP contribution in [0.1, 0.15) is 34.7 Å². The number of aromatic nitrogens is 2. The maximum atomic E-state index is 12.6. The maximum Gasteiger partial charge on any atom is 0.417 e. The molecule has 0 radical (unpaired) electrons. The van der Waals surface area contributed by atoms with Gasteiger partial charge in [-0.1, -0.05) is 5.16 Å². The average molecular weight is 415 g/mol. The second-order valence-electron chi connectivity index (χ2n) is 7.22. The number of aryl methyl sites for hydroxylation is 1. The van der Waals surface area contributed by atoms with E-state index in [1.807, 2.05) is 0 Å². The summed E-state index contributed by atoms with van der Waals surface area (Å²) < 4.78 is 48.2. The van der Waals surface area contributed by atoms with Crippen LogP contribution in [0.25, 0.3) is 0 Å². The summed E-state index contributed by atoms with van der Waals surface area (Å²) in [6.07, 6.45) is -5.60. The lowest BCUT2D eigenvalue weighted by Crippen LogP contribution is -2.40. The van der Waals surface area contributed by atoms with Crippen LogP contribution in [-0.2, 0) is 6.18 Å². The van der Waals surface area contributed by atoms with E-state index in [0.29, 0.717) is 12.0 Å². The van der Waals surface area contributed by atoms with Gasteiger partial charge in [0.05, 0.1) is 24.4 Å². The lowest BCUT2D eigenvalue weighted by atomic mass is 9.86. The first-order valence-corrected chi connectivity index (χ1v) is 8.82. The first-order valence-electron chi connectivity index (χ1n) is 8.82. The summed E-state index contributed by atoms with van der Waals surface area (Å²) in [4.78, 5) is 15.9. The van der Waals surface area contributed by atoms with Gasteiger partial charge in [-0.25, -0.2) is 4.98 Å². The van der Waals surface area contributed by atoms with E-state index in [-0.39, 0.29) is 37.6 Å². The molecule has 3 rings (SSSR count). The number of pyridine rings is 1. The van der Waals surface area contributed by atoms with Crippen LogP contribution in [0, 0.1) is 12.3 Å². The fourth-order valence-electron chi connectivity index (χ4n) is 3.25. The van der Waals surface area contributed by atoms with E-state index in [4.69, 9.17) is 9.26 Å². The summed E-state index contributed by atoms with van der Waals surface area (Å²) >= 11 is 0. The monoisotopic (exact) mass is 415 g/mol. The van der Waals surface area contributed by atoms with Crippen LogP contribution in [-0.4, -0.2) is 51.6 Å². The third-order valence-electron chi connectivity index (χ3n) is 4.80. The molecule has 0 aliphatic heterocycles. The smallest absolute Gasteiger partial charge is 0.417 e. The van der Waals surface area contributed by atoms with Crippen molar-refractivity contribution in [2.75, 3.05) is 13.2 Å². The summed E-state index contributed by atoms with van der Waals surface area (Å²) in [6.45, 7) is 1.62. The number of carbonyl (C=O) groups excluding carboxylic acids is 1. The molecule has 8 nitrogen and oxygen atoms in total. The van der Waals surface area contributed by atoms with Gasteiger partial charge in [0.25, 0.3) is 5.91 Å². The summed E-state index contributed by atoms with van der Waals surface area (Å²) in [5.74, 6) is -0.0650. The van der Waals surface area contributed by atoms with Crippen molar-refractivity contribution in [3.8, 4) is 5.88 Å². The van der Waals surface area contributed by atoms with Gasteiger partial charge in [0.2, 0.25) is 5.88 Å². The van der Waals surface area contributed by atoms with Crippen molar-refractivity contribution in [2.45, 2.75) is 38.1 Å². The van der Waals surface area contributed by atoms with Gasteiger partial charge in [-0.2, -0.15) is 13.2 Å². The normalized spacial score (nSPS) is 24.5. The molecule has 158 valence electrons. The van der Waals surface area contributed by atoms with Gasteiger partial charge in [-0.05, 0) is 25.8 Å². The Balaban J connectivity index is 1.66. The van der Waals surface area contributed by atoms with Gasteiger partial charge in [-0.15, -0.1) is 0 Å². The number of hydrogen-bond donors (Lipinski definition) is 3. The van der Waals surface area contributed by atoms with E-state index in [2.05, 4.69) is 15.5 Å². The fraction of sp³-hybridized carbons (Fsp3) is 0.500. The van der Waals surface area contributed by atoms with Crippen LogP contribution < -0.4 is 10.1 Å². The van der Waals surface area contributed by atoms with Crippen molar-refractivity contribution < 1.29 is 37.4 Å². The Morgan fingerprint density at radius 1 is 1.34 bits per heavy atom. The molecule has 1 saturated carbocycles. The predicted molar refractivity (Wildman–Crippen MR) is 92.0 cm³/mol. The highest BCUT2D eigenvalue weighted by Gasteiger charge is 2.45. The molecule has 0 saturated heterocycles. The van der Waals surface area contributed by atoms with Crippen molar-refractivity contribution in [1.82, 2.24) is 15.5 Å². The summed E-state index contributed by atoms with van der Waals surface area (Å²) in [6, 6.07) is 3.40. The molecule has 1 fully saturated rings. The Morgan fingerprint density at radius 3 is 2.55 bits per heavy atom. The average Bonchev–Trinajstić information content (AvgIpc) is 3.21. The Kier molecular flexibility index (Phi) is 5.80. The van der Waals surface area contributed by atoms with Crippen molar-refractivity contribution in [1.29, 1.82) is 0 Å². The van der Waals surface area contributed by atoms with Crippen LogP contribution in [0.2, 0.25) is 0 Å². The number of ether oxygens (including phenoxy) is 1. The van der Waals surface area contributed by atoms with Crippen LogP contribution in [0.4, 0.5) is 13.2 Å². The van der Waals surface area contributed by atoms with E-state index < -0.39 is 35.3 Å². The quantitative estimate of drug-likeness (QED) is 0.657. The van der Waals surface area contributed by atoms with Gasteiger partial charge in [0.1, 0.15) is 5.76 Å². The standard InChI is InChI=1S/C18H20F3N3O5/c1-10-4-12(24-29-10)16(27)23-8-17(5-13(25)14(26)6-17)9-28-15-3-2-11(7-22-15)18(19,20)21/h2-4,7,13-14,25-26H,5-6,8-9H2,1H3,(H,23,27). The summed E-state index contributed by atoms with van der Waals surface area (Å²) in [7, 11) is 0. The molecule has 11 heteroatoms. The Hall–Kier alpha value is -2.66. The number of nitrogens with zero attached hydrogens (tertiary/aromatic N) is 2. The molecule has 1 aliphatic carbocycles. The Bertz CT molecular complexity index is 843. The van der Waals surface area contributed by atoms with Gasteiger partial charge >= 0.3 is 6.18 Å². The third kappa shape index (κ3) is 5.04. The molecular weight excluding hydrogens is 395 g/mol. The summed E-state index contributed by atoms with van der Waals surface area (Å²) in [5.41, 5.74) is -1.65. The molecule has 2 aromatic rings. The van der Waals surface area contributed by atoms with Crippen molar-refractivity contribution in [3.05, 3.63) is 41.4 Å². The lowest BCUT2D eigenvalue weighted by Gasteiger charge is -2.28. The van der Waals surface area contributed by atoms with E-state index in [0.717, 1.165) is 12.1 Å². The first-order chi connectivity index (χ1) is 13.6. The number of amides is 1. The number of carbonyl (C=O) groups is 1. The second-order valence-corrected chi connectivity index (χ2v) is 7.22. The molecule has 0 aromatic carbocycles. The summed E-state index contributed by atoms with van der Waals surface area (Å²) in [5, 5.41) is 26.2.